The molecular weight excluding hydrogens is 394 g/mol. The second-order valence-electron chi connectivity index (χ2n) is 7.30. The Labute approximate surface area is 179 Å². The minimum Gasteiger partial charge on any atom is -0.495 e. The lowest BCUT2D eigenvalue weighted by Crippen LogP contribution is -2.33. The molecule has 2 N–H and O–H groups in total. The number of methoxy groups -OCH3 is 2. The molecular formula is C24H23N3O4. The highest BCUT2D eigenvalue weighted by Crippen LogP contribution is 2.37. The van der Waals surface area contributed by atoms with Crippen LogP contribution in [0.5, 0.6) is 5.75 Å². The van der Waals surface area contributed by atoms with E-state index in [4.69, 9.17) is 15.2 Å². The topological polar surface area (TPSA) is 96.4 Å². The van der Waals surface area contributed by atoms with Gasteiger partial charge in [0.25, 0.3) is 5.56 Å². The summed E-state index contributed by atoms with van der Waals surface area (Å²) in [5, 5.41) is 1.65. The molecule has 7 nitrogen and oxygen atoms in total. The molecule has 7 heteroatoms. The van der Waals surface area contributed by atoms with Crippen LogP contribution in [0.15, 0.2) is 59.5 Å². The number of rotatable bonds is 5. The summed E-state index contributed by atoms with van der Waals surface area (Å²) < 4.78 is 12.1. The van der Waals surface area contributed by atoms with Gasteiger partial charge in [-0.2, -0.15) is 0 Å². The highest BCUT2D eigenvalue weighted by molar-refractivity contribution is 6.01. The predicted octanol–water partition coefficient (Wildman–Crippen LogP) is 2.81. The van der Waals surface area contributed by atoms with Crippen molar-refractivity contribution < 1.29 is 14.3 Å². The van der Waals surface area contributed by atoms with Gasteiger partial charge in [0, 0.05) is 29.6 Å². The quantitative estimate of drug-likeness (QED) is 0.502. The molecule has 0 amide bonds. The Morgan fingerprint density at radius 2 is 1.84 bits per heavy atom. The van der Waals surface area contributed by atoms with E-state index in [1.807, 2.05) is 48.5 Å². The first-order valence-corrected chi connectivity index (χ1v) is 9.84. The molecule has 0 radical (unpaired) electrons. The molecule has 0 aliphatic heterocycles. The van der Waals surface area contributed by atoms with E-state index in [2.05, 4.69) is 4.98 Å². The second-order valence-corrected chi connectivity index (χ2v) is 7.30. The minimum atomic E-state index is -0.790. The van der Waals surface area contributed by atoms with Crippen LogP contribution in [-0.4, -0.2) is 35.8 Å². The van der Waals surface area contributed by atoms with Crippen molar-refractivity contribution in [2.45, 2.75) is 12.5 Å². The van der Waals surface area contributed by atoms with Gasteiger partial charge in [0.15, 0.2) is 0 Å². The number of hydrogen-bond donors (Lipinski definition) is 1. The number of pyridine rings is 2. The van der Waals surface area contributed by atoms with E-state index in [0.29, 0.717) is 28.8 Å². The Kier molecular flexibility index (Phi) is 5.44. The van der Waals surface area contributed by atoms with Crippen LogP contribution in [0.1, 0.15) is 5.56 Å². The molecule has 2 heterocycles. The summed E-state index contributed by atoms with van der Waals surface area (Å²) in [4.78, 5) is 29.7. The van der Waals surface area contributed by atoms with Gasteiger partial charge in [-0.3, -0.25) is 14.6 Å². The van der Waals surface area contributed by atoms with Gasteiger partial charge in [0.05, 0.1) is 30.8 Å². The molecule has 2 aromatic carbocycles. The van der Waals surface area contributed by atoms with Gasteiger partial charge < -0.3 is 19.8 Å². The third kappa shape index (κ3) is 3.43. The van der Waals surface area contributed by atoms with Crippen LogP contribution < -0.4 is 16.0 Å². The Morgan fingerprint density at radius 1 is 1.10 bits per heavy atom. The minimum absolute atomic E-state index is 0.179. The lowest BCUT2D eigenvalue weighted by molar-refractivity contribution is -0.142. The van der Waals surface area contributed by atoms with Gasteiger partial charge in [0.2, 0.25) is 0 Å². The maximum atomic E-state index is 13.4. The molecule has 0 fully saturated rings. The van der Waals surface area contributed by atoms with Crippen LogP contribution in [0.3, 0.4) is 0 Å². The van der Waals surface area contributed by atoms with Crippen LogP contribution >= 0.6 is 0 Å². The highest BCUT2D eigenvalue weighted by atomic mass is 16.5. The first-order chi connectivity index (χ1) is 15.0. The maximum absolute atomic E-state index is 13.4. The first kappa shape index (κ1) is 20.6. The standard InChI is InChI=1S/C24H23N3O4/c1-27-19-9-5-4-7-16(19)22(30-2)20(23(27)28)17-11-10-14(13-18(25)24(29)31-3)15-8-6-12-26-21(15)17/h4-12,18H,13,25H2,1-3H3/t18-/m0/s1. The van der Waals surface area contributed by atoms with Crippen molar-refractivity contribution in [1.29, 1.82) is 0 Å². The van der Waals surface area contributed by atoms with E-state index in [9.17, 15) is 9.59 Å². The highest BCUT2D eigenvalue weighted by Gasteiger charge is 2.22. The summed E-state index contributed by atoms with van der Waals surface area (Å²) >= 11 is 0. The number of carbonyl (C=O) groups excluding carboxylic acids is 1. The third-order valence-electron chi connectivity index (χ3n) is 5.53. The smallest absolute Gasteiger partial charge is 0.322 e. The molecule has 0 bridgehead atoms. The van der Waals surface area contributed by atoms with Gasteiger partial charge in [-0.25, -0.2) is 0 Å². The molecule has 0 aliphatic rings. The normalized spacial score (nSPS) is 12.1. The molecule has 1 atom stereocenters. The van der Waals surface area contributed by atoms with Gasteiger partial charge in [-0.05, 0) is 30.2 Å². The molecule has 0 unspecified atom stereocenters. The lowest BCUT2D eigenvalue weighted by atomic mass is 9.94. The molecule has 0 saturated carbocycles. The average Bonchev–Trinajstić information content (AvgIpc) is 2.81. The zero-order valence-corrected chi connectivity index (χ0v) is 17.6. The Hall–Kier alpha value is -3.71. The molecule has 0 aliphatic carbocycles. The fourth-order valence-electron chi connectivity index (χ4n) is 4.00. The van der Waals surface area contributed by atoms with E-state index >= 15 is 0 Å². The summed E-state index contributed by atoms with van der Waals surface area (Å²) in [7, 11) is 4.61. The average molecular weight is 417 g/mol. The van der Waals surface area contributed by atoms with Gasteiger partial charge in [-0.15, -0.1) is 0 Å². The van der Waals surface area contributed by atoms with Crippen LogP contribution in [0.4, 0.5) is 0 Å². The van der Waals surface area contributed by atoms with Crippen molar-refractivity contribution in [1.82, 2.24) is 9.55 Å². The fraction of sp³-hybridized carbons (Fsp3) is 0.208. The van der Waals surface area contributed by atoms with E-state index in [0.717, 1.165) is 21.9 Å². The molecule has 158 valence electrons. The van der Waals surface area contributed by atoms with E-state index in [-0.39, 0.29) is 5.56 Å². The molecule has 2 aromatic heterocycles. The van der Waals surface area contributed by atoms with E-state index in [1.54, 1.807) is 24.9 Å². The Bertz CT molecular complexity index is 1360. The van der Waals surface area contributed by atoms with Crippen molar-refractivity contribution in [3.63, 3.8) is 0 Å². The summed E-state index contributed by atoms with van der Waals surface area (Å²) in [5.41, 5.74) is 9.18. The number of esters is 1. The number of aryl methyl sites for hydroxylation is 1. The predicted molar refractivity (Wildman–Crippen MR) is 120 cm³/mol. The number of carbonyl (C=O) groups is 1. The van der Waals surface area contributed by atoms with Crippen molar-refractivity contribution in [3.8, 4) is 16.9 Å². The van der Waals surface area contributed by atoms with Crippen molar-refractivity contribution in [3.05, 3.63) is 70.6 Å². The molecule has 0 spiro atoms. The van der Waals surface area contributed by atoms with Gasteiger partial charge in [-0.1, -0.05) is 30.3 Å². The number of hydrogen-bond acceptors (Lipinski definition) is 6. The largest absolute Gasteiger partial charge is 0.495 e. The number of nitrogens with zero attached hydrogens (tertiary/aromatic N) is 2. The summed E-state index contributed by atoms with van der Waals surface area (Å²) in [6, 6.07) is 14.2. The zero-order valence-electron chi connectivity index (χ0n) is 17.6. The van der Waals surface area contributed by atoms with E-state index in [1.165, 1.54) is 7.11 Å². The molecule has 31 heavy (non-hydrogen) atoms. The van der Waals surface area contributed by atoms with Crippen molar-refractivity contribution in [2.75, 3.05) is 14.2 Å². The zero-order chi connectivity index (χ0) is 22.1. The Morgan fingerprint density at radius 3 is 2.58 bits per heavy atom. The number of aromatic nitrogens is 2. The second kappa shape index (κ2) is 8.20. The van der Waals surface area contributed by atoms with E-state index < -0.39 is 12.0 Å². The summed E-state index contributed by atoms with van der Waals surface area (Å²) in [6.45, 7) is 0. The third-order valence-corrected chi connectivity index (χ3v) is 5.53. The SMILES string of the molecule is COC(=O)[C@@H](N)Cc1ccc(-c2c(OC)c3ccccc3n(C)c2=O)c2ncccc12. The van der Waals surface area contributed by atoms with Crippen LogP contribution in [0.2, 0.25) is 0 Å². The molecule has 4 aromatic rings. The fourth-order valence-corrected chi connectivity index (χ4v) is 4.00. The maximum Gasteiger partial charge on any atom is 0.322 e. The van der Waals surface area contributed by atoms with Crippen molar-refractivity contribution >= 4 is 27.8 Å². The number of benzene rings is 2. The summed E-state index contributed by atoms with van der Waals surface area (Å²) in [5.74, 6) is 0.0239. The lowest BCUT2D eigenvalue weighted by Gasteiger charge is -2.17. The molecule has 0 saturated heterocycles. The summed E-state index contributed by atoms with van der Waals surface area (Å²) in [6.07, 6.45) is 1.97. The monoisotopic (exact) mass is 417 g/mol. The first-order valence-electron chi connectivity index (χ1n) is 9.84. The van der Waals surface area contributed by atoms with Crippen LogP contribution in [-0.2, 0) is 23.0 Å². The van der Waals surface area contributed by atoms with Crippen LogP contribution in [0.25, 0.3) is 32.9 Å². The van der Waals surface area contributed by atoms with Gasteiger partial charge in [0.1, 0.15) is 11.8 Å². The Balaban J connectivity index is 2.00. The van der Waals surface area contributed by atoms with Crippen molar-refractivity contribution in [2.24, 2.45) is 12.8 Å². The number of para-hydroxylation sites is 1. The number of nitrogens with two attached hydrogens (primary N) is 1. The van der Waals surface area contributed by atoms with Gasteiger partial charge >= 0.3 is 5.97 Å². The number of fused-ring (bicyclic) bond motifs is 2. The number of ether oxygens (including phenoxy) is 2. The van der Waals surface area contributed by atoms with Crippen LogP contribution in [0, 0.1) is 0 Å². The molecule has 4 rings (SSSR count).